The summed E-state index contributed by atoms with van der Waals surface area (Å²) >= 11 is 0. The number of Topliss-reactive ketones (excluding diaryl/α,β-unsaturated/α-hetero) is 1. The van der Waals surface area contributed by atoms with Gasteiger partial charge in [0.15, 0.2) is 11.6 Å². The van der Waals surface area contributed by atoms with E-state index in [9.17, 15) is 19.1 Å². The van der Waals surface area contributed by atoms with Crippen molar-refractivity contribution in [2.24, 2.45) is 5.92 Å². The van der Waals surface area contributed by atoms with Crippen molar-refractivity contribution in [2.45, 2.75) is 19.9 Å². The summed E-state index contributed by atoms with van der Waals surface area (Å²) in [4.78, 5) is 26.8. The maximum absolute atomic E-state index is 15.2. The fourth-order valence-corrected chi connectivity index (χ4v) is 3.58. The van der Waals surface area contributed by atoms with E-state index in [4.69, 9.17) is 0 Å². The Morgan fingerprint density at radius 2 is 2.08 bits per heavy atom. The average molecular weight is 353 g/mol. The summed E-state index contributed by atoms with van der Waals surface area (Å²) in [5, 5.41) is 12.4. The molecule has 2 heterocycles. The van der Waals surface area contributed by atoms with E-state index in [1.54, 1.807) is 11.8 Å². The number of ketones is 1. The number of benzene rings is 1. The van der Waals surface area contributed by atoms with E-state index in [1.807, 2.05) is 6.92 Å². The Bertz CT molecular complexity index is 726. The van der Waals surface area contributed by atoms with Gasteiger partial charge in [-0.25, -0.2) is 8.78 Å². The summed E-state index contributed by atoms with van der Waals surface area (Å²) in [7, 11) is 0. The molecule has 0 radical (unpaired) electrons. The van der Waals surface area contributed by atoms with E-state index < -0.39 is 29.3 Å². The Hall–Kier alpha value is -2.22. The number of hydrogen-bond donors (Lipinski definition) is 2. The van der Waals surface area contributed by atoms with Crippen LogP contribution in [0.2, 0.25) is 0 Å². The van der Waals surface area contributed by atoms with E-state index in [0.717, 1.165) is 6.07 Å². The van der Waals surface area contributed by atoms with Crippen LogP contribution in [0.1, 0.15) is 24.2 Å². The van der Waals surface area contributed by atoms with Gasteiger partial charge in [-0.2, -0.15) is 0 Å². The zero-order valence-corrected chi connectivity index (χ0v) is 14.2. The predicted molar refractivity (Wildman–Crippen MR) is 89.4 cm³/mol. The fourth-order valence-electron chi connectivity index (χ4n) is 3.58. The number of halogens is 2. The fraction of sp³-hybridized carbons (Fsp3) is 0.529. The average Bonchev–Trinajstić information content (AvgIpc) is 2.55. The Kier molecular flexibility index (Phi) is 4.64. The lowest BCUT2D eigenvalue weighted by Crippen LogP contribution is -2.50. The van der Waals surface area contributed by atoms with E-state index in [2.05, 4.69) is 5.32 Å². The molecule has 2 aliphatic rings. The van der Waals surface area contributed by atoms with Crippen molar-refractivity contribution in [3.05, 3.63) is 23.3 Å². The number of aliphatic carboxylic acids is 1. The summed E-state index contributed by atoms with van der Waals surface area (Å²) in [6.45, 7) is 5.39. The molecular weight excluding hydrogens is 332 g/mol. The van der Waals surface area contributed by atoms with Crippen LogP contribution in [0.15, 0.2) is 6.07 Å². The number of fused-ring (bicyclic) bond motifs is 1. The molecule has 2 unspecified atom stereocenters. The van der Waals surface area contributed by atoms with Crippen LogP contribution in [0.4, 0.5) is 20.2 Å². The van der Waals surface area contributed by atoms with E-state index in [1.165, 1.54) is 4.90 Å². The first-order valence-corrected chi connectivity index (χ1v) is 8.37. The molecule has 1 fully saturated rings. The third-order valence-electron chi connectivity index (χ3n) is 4.83. The molecule has 0 bridgehead atoms. The minimum absolute atomic E-state index is 0.00702. The first-order valence-electron chi connectivity index (χ1n) is 8.37. The zero-order valence-electron chi connectivity index (χ0n) is 14.2. The van der Waals surface area contributed by atoms with E-state index in [0.29, 0.717) is 26.2 Å². The summed E-state index contributed by atoms with van der Waals surface area (Å²) in [5.74, 6) is -4.96. The Labute approximate surface area is 144 Å². The zero-order chi connectivity index (χ0) is 18.3. The van der Waals surface area contributed by atoms with Gasteiger partial charge in [-0.15, -0.1) is 0 Å². The molecule has 0 spiro atoms. The summed E-state index contributed by atoms with van der Waals surface area (Å²) in [6, 6.07) is 1.07. The number of piperazine rings is 1. The lowest BCUT2D eigenvalue weighted by atomic mass is 9.90. The molecule has 0 amide bonds. The van der Waals surface area contributed by atoms with E-state index >= 15 is 4.39 Å². The molecule has 2 aliphatic heterocycles. The SMILES string of the molecule is CCN1CC(C(=O)O)C(=O)c2cc(F)c(N3CCNC(C)C3)c(F)c21. The standard InChI is InChI=1S/C17H21F2N3O3/c1-3-21-8-11(17(24)25)16(23)10-6-12(18)15(13(19)14(10)21)22-5-4-20-9(2)7-22/h6,9,11,20H,3-5,7-8H2,1-2H3,(H,24,25). The molecule has 0 aromatic heterocycles. The van der Waals surface area contributed by atoms with Crippen LogP contribution in [0, 0.1) is 17.6 Å². The molecule has 3 rings (SSSR count). The van der Waals surface area contributed by atoms with Crippen molar-refractivity contribution in [1.82, 2.24) is 5.32 Å². The van der Waals surface area contributed by atoms with Gasteiger partial charge < -0.3 is 20.2 Å². The second-order valence-corrected chi connectivity index (χ2v) is 6.51. The van der Waals surface area contributed by atoms with Gasteiger partial charge in [0, 0.05) is 44.3 Å². The van der Waals surface area contributed by atoms with Crippen molar-refractivity contribution in [3.63, 3.8) is 0 Å². The topological polar surface area (TPSA) is 72.9 Å². The summed E-state index contributed by atoms with van der Waals surface area (Å²) in [6.07, 6.45) is 0. The molecule has 1 aromatic carbocycles. The number of carboxylic acid groups (broad SMARTS) is 1. The molecule has 2 atom stereocenters. The van der Waals surface area contributed by atoms with Gasteiger partial charge >= 0.3 is 5.97 Å². The van der Waals surface area contributed by atoms with Crippen molar-refractivity contribution < 1.29 is 23.5 Å². The first-order chi connectivity index (χ1) is 11.8. The van der Waals surface area contributed by atoms with Gasteiger partial charge in [0.1, 0.15) is 17.4 Å². The Morgan fingerprint density at radius 1 is 1.36 bits per heavy atom. The third-order valence-corrected chi connectivity index (χ3v) is 4.83. The highest BCUT2D eigenvalue weighted by molar-refractivity contribution is 6.13. The van der Waals surface area contributed by atoms with Gasteiger partial charge in [0.2, 0.25) is 0 Å². The number of nitrogens with zero attached hydrogens (tertiary/aromatic N) is 2. The second kappa shape index (κ2) is 6.59. The second-order valence-electron chi connectivity index (χ2n) is 6.51. The van der Waals surface area contributed by atoms with Crippen LogP contribution in [0.3, 0.4) is 0 Å². The minimum Gasteiger partial charge on any atom is -0.481 e. The molecular formula is C17H21F2N3O3. The van der Waals surface area contributed by atoms with Gasteiger partial charge in [-0.05, 0) is 19.9 Å². The van der Waals surface area contributed by atoms with Crippen molar-refractivity contribution in [1.29, 1.82) is 0 Å². The monoisotopic (exact) mass is 353 g/mol. The highest BCUT2D eigenvalue weighted by Crippen LogP contribution is 2.39. The maximum Gasteiger partial charge on any atom is 0.316 e. The number of rotatable bonds is 3. The number of hydrogen-bond acceptors (Lipinski definition) is 5. The molecule has 8 heteroatoms. The quantitative estimate of drug-likeness (QED) is 0.802. The van der Waals surface area contributed by atoms with Crippen LogP contribution >= 0.6 is 0 Å². The summed E-state index contributed by atoms with van der Waals surface area (Å²) in [5.41, 5.74) is -0.331. The molecule has 6 nitrogen and oxygen atoms in total. The number of carbonyl (C=O) groups is 2. The van der Waals surface area contributed by atoms with Crippen molar-refractivity contribution in [3.8, 4) is 0 Å². The van der Waals surface area contributed by atoms with Crippen LogP contribution in [-0.2, 0) is 4.79 Å². The number of carboxylic acids is 1. The first kappa shape index (κ1) is 17.6. The largest absolute Gasteiger partial charge is 0.481 e. The molecule has 0 aliphatic carbocycles. The molecule has 136 valence electrons. The molecule has 1 aromatic rings. The molecule has 25 heavy (non-hydrogen) atoms. The number of nitrogens with one attached hydrogen (secondary N) is 1. The molecule has 2 N–H and O–H groups in total. The lowest BCUT2D eigenvalue weighted by molar-refractivity contribution is -0.139. The Morgan fingerprint density at radius 3 is 2.68 bits per heavy atom. The van der Waals surface area contributed by atoms with Gasteiger partial charge in [0.05, 0.1) is 5.69 Å². The molecule has 1 saturated heterocycles. The number of carbonyl (C=O) groups excluding carboxylic acids is 1. The van der Waals surface area contributed by atoms with Crippen molar-refractivity contribution >= 4 is 23.1 Å². The summed E-state index contributed by atoms with van der Waals surface area (Å²) < 4.78 is 29.9. The maximum atomic E-state index is 15.2. The predicted octanol–water partition coefficient (Wildman–Crippen LogP) is 1.49. The van der Waals surface area contributed by atoms with Gasteiger partial charge in [0.25, 0.3) is 0 Å². The smallest absolute Gasteiger partial charge is 0.316 e. The number of anilines is 2. The highest BCUT2D eigenvalue weighted by atomic mass is 19.1. The van der Waals surface area contributed by atoms with Crippen LogP contribution < -0.4 is 15.1 Å². The normalized spacial score (nSPS) is 23.6. The van der Waals surface area contributed by atoms with E-state index in [-0.39, 0.29) is 29.5 Å². The lowest BCUT2D eigenvalue weighted by Gasteiger charge is -2.37. The van der Waals surface area contributed by atoms with Crippen molar-refractivity contribution in [2.75, 3.05) is 42.5 Å². The highest BCUT2D eigenvalue weighted by Gasteiger charge is 2.40. The molecule has 0 saturated carbocycles. The minimum atomic E-state index is -1.31. The van der Waals surface area contributed by atoms with Gasteiger partial charge in [-0.1, -0.05) is 0 Å². The van der Waals surface area contributed by atoms with Gasteiger partial charge in [-0.3, -0.25) is 9.59 Å². The third kappa shape index (κ3) is 2.95. The van der Waals surface area contributed by atoms with Crippen LogP contribution in [0.5, 0.6) is 0 Å². The van der Waals surface area contributed by atoms with Crippen LogP contribution in [-0.4, -0.2) is 55.6 Å². The van der Waals surface area contributed by atoms with Crippen LogP contribution in [0.25, 0.3) is 0 Å². The Balaban J connectivity index is 2.12.